The maximum atomic E-state index is 12.9. The van der Waals surface area contributed by atoms with E-state index in [9.17, 15) is 9.18 Å². The van der Waals surface area contributed by atoms with Crippen molar-refractivity contribution in [1.29, 1.82) is 0 Å². The lowest BCUT2D eigenvalue weighted by Crippen LogP contribution is -2.22. The summed E-state index contributed by atoms with van der Waals surface area (Å²) in [5, 5.41) is 3.42. The summed E-state index contributed by atoms with van der Waals surface area (Å²) in [6.45, 7) is 2.09. The summed E-state index contributed by atoms with van der Waals surface area (Å²) in [4.78, 5) is 19.8. The highest BCUT2D eigenvalue weighted by Crippen LogP contribution is 2.25. The van der Waals surface area contributed by atoms with E-state index in [0.717, 1.165) is 23.9 Å². The average Bonchev–Trinajstić information content (AvgIpc) is 3.15. The molecule has 1 aromatic carbocycles. The van der Waals surface area contributed by atoms with Gasteiger partial charge in [-0.05, 0) is 49.6 Å². The second kappa shape index (κ2) is 10.2. The van der Waals surface area contributed by atoms with Gasteiger partial charge in [0.25, 0.3) is 5.91 Å². The molecule has 1 aliphatic rings. The third-order valence-electron chi connectivity index (χ3n) is 5.27. The minimum atomic E-state index is -0.373. The van der Waals surface area contributed by atoms with Crippen molar-refractivity contribution in [3.63, 3.8) is 0 Å². The number of carbonyl (C=O) groups excluding carboxylic acids is 1. The molecule has 2 heterocycles. The molecule has 6 nitrogen and oxygen atoms in total. The van der Waals surface area contributed by atoms with Crippen LogP contribution in [0.3, 0.4) is 0 Å². The first-order chi connectivity index (χ1) is 14.5. The van der Waals surface area contributed by atoms with Gasteiger partial charge >= 0.3 is 0 Å². The number of hydrogen-bond donors (Lipinski definition) is 4. The smallest absolute Gasteiger partial charge is 0.259 e. The van der Waals surface area contributed by atoms with E-state index in [1.165, 1.54) is 62.6 Å². The number of anilines is 2. The number of H-pyrrole nitrogens is 1. The number of aromatic amines is 1. The number of amides is 1. The Labute approximate surface area is 176 Å². The highest BCUT2D eigenvalue weighted by atomic mass is 19.1. The zero-order chi connectivity index (χ0) is 21.5. The number of benzene rings is 1. The Hall–Kier alpha value is -2.93. The molecule has 0 saturated heterocycles. The maximum Gasteiger partial charge on any atom is 0.259 e. The molecule has 1 fully saturated rings. The predicted molar refractivity (Wildman–Crippen MR) is 120 cm³/mol. The molecular formula is C23H30FN5O. The average molecular weight is 412 g/mol. The van der Waals surface area contributed by atoms with Crippen molar-refractivity contribution in [2.45, 2.75) is 57.9 Å². The van der Waals surface area contributed by atoms with Gasteiger partial charge in [0.2, 0.25) is 0 Å². The number of nitrogen functional groups attached to an aromatic ring is 1. The van der Waals surface area contributed by atoms with E-state index in [4.69, 9.17) is 11.5 Å². The number of nitrogens with one attached hydrogen (secondary N) is 2. The third kappa shape index (κ3) is 5.57. The fourth-order valence-electron chi connectivity index (χ4n) is 3.60. The van der Waals surface area contributed by atoms with Crippen LogP contribution in [0.4, 0.5) is 15.8 Å². The van der Waals surface area contributed by atoms with Crippen molar-refractivity contribution in [3.8, 4) is 0 Å². The van der Waals surface area contributed by atoms with Crippen LogP contribution in [0.1, 0.15) is 61.5 Å². The minimum Gasteiger partial charge on any atom is -0.397 e. The Morgan fingerprint density at radius 2 is 1.93 bits per heavy atom. The monoisotopic (exact) mass is 411 g/mol. The molecular weight excluding hydrogens is 381 g/mol. The van der Waals surface area contributed by atoms with Crippen molar-refractivity contribution < 1.29 is 9.18 Å². The zero-order valence-electron chi connectivity index (χ0n) is 17.4. The van der Waals surface area contributed by atoms with E-state index in [1.54, 1.807) is 0 Å². The van der Waals surface area contributed by atoms with E-state index >= 15 is 0 Å². The number of rotatable bonds is 4. The fourth-order valence-corrected chi connectivity index (χ4v) is 3.60. The van der Waals surface area contributed by atoms with Gasteiger partial charge in [-0.25, -0.2) is 9.37 Å². The van der Waals surface area contributed by atoms with Crippen LogP contribution in [0.5, 0.6) is 0 Å². The summed E-state index contributed by atoms with van der Waals surface area (Å²) < 4.78 is 12.9. The Bertz CT molecular complexity index is 977. The molecule has 160 valence electrons. The standard InChI is InChI=1S/C17H17FN4O.C6H13N/c1-2-3-12-8-13-15(19)14(9-20-16(13)21-12)17(23)22-11-6-4-10(18)5-7-11;7-6-4-2-1-3-5-6/h4-9H,2-3H2,1H3,(H,22,23)(H3,19,20,21);6H,1-5,7H2. The number of aromatic nitrogens is 2. The van der Waals surface area contributed by atoms with Crippen LogP contribution in [0, 0.1) is 5.82 Å². The summed E-state index contributed by atoms with van der Waals surface area (Å²) >= 11 is 0. The van der Waals surface area contributed by atoms with Gasteiger partial charge in [0.1, 0.15) is 11.5 Å². The molecule has 0 spiro atoms. The predicted octanol–water partition coefficient (Wildman–Crippen LogP) is 4.77. The molecule has 2 aromatic heterocycles. The second-order valence-corrected chi connectivity index (χ2v) is 7.75. The number of carbonyl (C=O) groups is 1. The number of nitrogens with zero attached hydrogens (tertiary/aromatic N) is 1. The summed E-state index contributed by atoms with van der Waals surface area (Å²) in [5.41, 5.74) is 14.6. The number of pyridine rings is 1. The first-order valence-electron chi connectivity index (χ1n) is 10.6. The van der Waals surface area contributed by atoms with Gasteiger partial charge in [-0.3, -0.25) is 4.79 Å². The Morgan fingerprint density at radius 1 is 1.23 bits per heavy atom. The molecule has 6 N–H and O–H groups in total. The highest BCUT2D eigenvalue weighted by molar-refractivity contribution is 6.11. The molecule has 4 rings (SSSR count). The van der Waals surface area contributed by atoms with Gasteiger partial charge in [0.05, 0.1) is 11.3 Å². The first-order valence-corrected chi connectivity index (χ1v) is 10.6. The second-order valence-electron chi connectivity index (χ2n) is 7.75. The number of nitrogens with two attached hydrogens (primary N) is 2. The largest absolute Gasteiger partial charge is 0.397 e. The Kier molecular flexibility index (Phi) is 7.41. The molecule has 0 radical (unpaired) electrons. The lowest BCUT2D eigenvalue weighted by Gasteiger charge is -2.15. The van der Waals surface area contributed by atoms with Crippen molar-refractivity contribution in [1.82, 2.24) is 9.97 Å². The Balaban J connectivity index is 0.000000310. The molecule has 0 bridgehead atoms. The number of aryl methyl sites for hydroxylation is 1. The quantitative estimate of drug-likeness (QED) is 0.496. The number of fused-ring (bicyclic) bond motifs is 1. The summed E-state index contributed by atoms with van der Waals surface area (Å²) in [7, 11) is 0. The van der Waals surface area contributed by atoms with E-state index in [1.807, 2.05) is 6.07 Å². The van der Waals surface area contributed by atoms with Gasteiger partial charge in [-0.15, -0.1) is 0 Å². The molecule has 0 unspecified atom stereocenters. The van der Waals surface area contributed by atoms with Crippen molar-refractivity contribution >= 4 is 28.3 Å². The summed E-state index contributed by atoms with van der Waals surface area (Å²) in [6, 6.07) is 8.01. The SMILES string of the molecule is CCCc1cc2c(N)c(C(=O)Nc3ccc(F)cc3)cnc2[nH]1.NC1CCCCC1. The molecule has 30 heavy (non-hydrogen) atoms. The first kappa shape index (κ1) is 21.8. The van der Waals surface area contributed by atoms with Crippen LogP contribution in [-0.2, 0) is 6.42 Å². The summed E-state index contributed by atoms with van der Waals surface area (Å²) in [6.07, 6.45) is 10.0. The van der Waals surface area contributed by atoms with Crippen LogP contribution < -0.4 is 16.8 Å². The van der Waals surface area contributed by atoms with Crippen LogP contribution in [-0.4, -0.2) is 21.9 Å². The fraction of sp³-hybridized carbons (Fsp3) is 0.391. The van der Waals surface area contributed by atoms with Crippen LogP contribution in [0.25, 0.3) is 11.0 Å². The van der Waals surface area contributed by atoms with Crippen molar-refractivity contribution in [2.75, 3.05) is 11.1 Å². The normalized spacial score (nSPS) is 14.2. The van der Waals surface area contributed by atoms with Crippen LogP contribution in [0.15, 0.2) is 36.5 Å². The van der Waals surface area contributed by atoms with Crippen LogP contribution in [0.2, 0.25) is 0 Å². The van der Waals surface area contributed by atoms with Crippen LogP contribution >= 0.6 is 0 Å². The lowest BCUT2D eigenvalue weighted by atomic mass is 9.97. The van der Waals surface area contributed by atoms with E-state index in [0.29, 0.717) is 28.6 Å². The molecule has 1 saturated carbocycles. The van der Waals surface area contributed by atoms with Gasteiger partial charge in [0.15, 0.2) is 0 Å². The van der Waals surface area contributed by atoms with Crippen molar-refractivity contribution in [2.24, 2.45) is 5.73 Å². The van der Waals surface area contributed by atoms with Crippen molar-refractivity contribution in [3.05, 3.63) is 53.6 Å². The Morgan fingerprint density at radius 3 is 2.53 bits per heavy atom. The zero-order valence-corrected chi connectivity index (χ0v) is 17.4. The number of halogens is 1. The maximum absolute atomic E-state index is 12.9. The molecule has 1 aliphatic carbocycles. The molecule has 0 atom stereocenters. The number of hydrogen-bond acceptors (Lipinski definition) is 4. The van der Waals surface area contributed by atoms with Gasteiger partial charge < -0.3 is 21.8 Å². The van der Waals surface area contributed by atoms with Gasteiger partial charge in [-0.1, -0.05) is 32.6 Å². The topological polar surface area (TPSA) is 110 Å². The molecule has 1 amide bonds. The molecule has 3 aromatic rings. The van der Waals surface area contributed by atoms with E-state index < -0.39 is 0 Å². The lowest BCUT2D eigenvalue weighted by molar-refractivity contribution is 0.102. The van der Waals surface area contributed by atoms with E-state index in [-0.39, 0.29) is 11.7 Å². The molecule has 0 aliphatic heterocycles. The third-order valence-corrected chi connectivity index (χ3v) is 5.27. The highest BCUT2D eigenvalue weighted by Gasteiger charge is 2.15. The summed E-state index contributed by atoms with van der Waals surface area (Å²) in [5.74, 6) is -0.733. The van der Waals surface area contributed by atoms with Gasteiger partial charge in [-0.2, -0.15) is 0 Å². The van der Waals surface area contributed by atoms with E-state index in [2.05, 4.69) is 22.2 Å². The molecule has 7 heteroatoms. The van der Waals surface area contributed by atoms with Gasteiger partial charge in [0, 0.05) is 29.0 Å². The minimum absolute atomic E-state index is 0.295.